The lowest BCUT2D eigenvalue weighted by atomic mass is 9.88. The second-order valence-corrected chi connectivity index (χ2v) is 8.99. The van der Waals surface area contributed by atoms with Crippen LogP contribution in [0.25, 0.3) is 0 Å². The minimum Gasteiger partial charge on any atom is -0.307 e. The van der Waals surface area contributed by atoms with Crippen LogP contribution in [0.3, 0.4) is 0 Å². The van der Waals surface area contributed by atoms with Crippen LogP contribution in [0.15, 0.2) is 54.9 Å². The summed E-state index contributed by atoms with van der Waals surface area (Å²) in [4.78, 5) is 51.2. The van der Waals surface area contributed by atoms with Gasteiger partial charge >= 0.3 is 6.03 Å². The summed E-state index contributed by atoms with van der Waals surface area (Å²) in [6.07, 6.45) is 0.873. The lowest BCUT2D eigenvalue weighted by Crippen LogP contribution is -2.73. The number of carbonyl (C=O) groups is 3. The van der Waals surface area contributed by atoms with Gasteiger partial charge in [0.1, 0.15) is 23.4 Å². The number of carbonyl (C=O) groups excluding carboxylic acids is 3. The fourth-order valence-electron chi connectivity index (χ4n) is 4.58. The molecule has 0 unspecified atom stereocenters. The van der Waals surface area contributed by atoms with E-state index in [9.17, 15) is 14.4 Å². The number of aryl methyl sites for hydroxylation is 1. The first-order chi connectivity index (χ1) is 17.7. The number of halogens is 2. The number of nitrogens with zero attached hydrogens (tertiary/aromatic N) is 5. The first-order valence-corrected chi connectivity index (χ1v) is 11.5. The third kappa shape index (κ3) is 4.18. The van der Waals surface area contributed by atoms with E-state index >= 15 is 8.78 Å². The number of aromatic nitrogens is 2. The number of imide groups is 1. The zero-order valence-corrected chi connectivity index (χ0v) is 20.0. The molecule has 2 aliphatic rings. The molecular weight excluding hydrogens is 480 g/mol. The fourth-order valence-corrected chi connectivity index (χ4v) is 4.58. The van der Waals surface area contributed by atoms with Crippen molar-refractivity contribution in [3.8, 4) is 11.8 Å². The van der Waals surface area contributed by atoms with Gasteiger partial charge in [0.2, 0.25) is 5.91 Å². The quantitative estimate of drug-likeness (QED) is 0.503. The van der Waals surface area contributed by atoms with Gasteiger partial charge in [0, 0.05) is 36.0 Å². The molecule has 2 aliphatic heterocycles. The number of hydrogen-bond acceptors (Lipinski definition) is 5. The number of piperazine rings is 1. The van der Waals surface area contributed by atoms with Crippen molar-refractivity contribution in [1.82, 2.24) is 14.9 Å². The van der Waals surface area contributed by atoms with Gasteiger partial charge in [-0.2, -0.15) is 0 Å². The van der Waals surface area contributed by atoms with Gasteiger partial charge in [-0.25, -0.2) is 28.4 Å². The monoisotopic (exact) mass is 501 g/mol. The molecule has 5 rings (SSSR count). The van der Waals surface area contributed by atoms with E-state index in [0.29, 0.717) is 22.0 Å². The molecule has 1 aromatic heterocycles. The molecule has 8 nitrogen and oxygen atoms in total. The third-order valence-electron chi connectivity index (χ3n) is 6.45. The Balaban J connectivity index is 1.44. The average Bonchev–Trinajstić information content (AvgIpc) is 2.86. The summed E-state index contributed by atoms with van der Waals surface area (Å²) >= 11 is 0. The van der Waals surface area contributed by atoms with Crippen LogP contribution in [-0.2, 0) is 9.59 Å². The summed E-state index contributed by atoms with van der Waals surface area (Å²) in [5, 5.41) is 0. The minimum absolute atomic E-state index is 0.0395. The molecule has 3 heterocycles. The Bertz CT molecular complexity index is 1480. The molecule has 0 radical (unpaired) electrons. The molecule has 0 N–H and O–H groups in total. The number of urea groups is 1. The van der Waals surface area contributed by atoms with E-state index in [-0.39, 0.29) is 18.7 Å². The summed E-state index contributed by atoms with van der Waals surface area (Å²) in [5.41, 5.74) is -0.961. The van der Waals surface area contributed by atoms with Gasteiger partial charge in [-0.3, -0.25) is 14.5 Å². The highest BCUT2D eigenvalue weighted by atomic mass is 19.1. The first-order valence-electron chi connectivity index (χ1n) is 11.5. The number of hydrogen-bond donors (Lipinski definition) is 0. The molecule has 1 atom stereocenters. The smallest absolute Gasteiger partial charge is 0.307 e. The molecule has 0 saturated carbocycles. The van der Waals surface area contributed by atoms with E-state index in [1.165, 1.54) is 23.1 Å². The van der Waals surface area contributed by atoms with E-state index in [4.69, 9.17) is 0 Å². The van der Waals surface area contributed by atoms with E-state index in [1.54, 1.807) is 37.3 Å². The SMILES string of the molecule is Cc1cc(N2CCN3C(=O)N(c4c(F)cc(C#Cc5ccccc5)cc4F)C(=O)C[C@@]3(C)C2=O)ncn1. The van der Waals surface area contributed by atoms with Gasteiger partial charge in [-0.1, -0.05) is 30.0 Å². The number of rotatable bonds is 2. The summed E-state index contributed by atoms with van der Waals surface area (Å²) in [7, 11) is 0. The lowest BCUT2D eigenvalue weighted by molar-refractivity contribution is -0.137. The van der Waals surface area contributed by atoms with Gasteiger partial charge in [0.15, 0.2) is 11.6 Å². The highest BCUT2D eigenvalue weighted by molar-refractivity contribution is 6.20. The van der Waals surface area contributed by atoms with Crippen molar-refractivity contribution < 1.29 is 23.2 Å². The van der Waals surface area contributed by atoms with Crippen molar-refractivity contribution in [1.29, 1.82) is 0 Å². The number of amides is 4. The zero-order chi connectivity index (χ0) is 26.3. The van der Waals surface area contributed by atoms with E-state index in [0.717, 1.165) is 12.1 Å². The maximum absolute atomic E-state index is 15.1. The maximum Gasteiger partial charge on any atom is 0.332 e. The maximum atomic E-state index is 15.1. The molecule has 2 saturated heterocycles. The lowest BCUT2D eigenvalue weighted by Gasteiger charge is -2.51. The van der Waals surface area contributed by atoms with Gasteiger partial charge < -0.3 is 4.90 Å². The van der Waals surface area contributed by atoms with Crippen LogP contribution in [0, 0.1) is 30.4 Å². The Kier molecular flexibility index (Phi) is 5.91. The number of fused-ring (bicyclic) bond motifs is 1. The van der Waals surface area contributed by atoms with Crippen LogP contribution in [0.5, 0.6) is 0 Å². The van der Waals surface area contributed by atoms with Crippen LogP contribution in [0.2, 0.25) is 0 Å². The Morgan fingerprint density at radius 3 is 2.27 bits per heavy atom. The molecule has 0 aliphatic carbocycles. The fraction of sp³-hybridized carbons (Fsp3) is 0.222. The van der Waals surface area contributed by atoms with E-state index < -0.39 is 47.1 Å². The third-order valence-corrected chi connectivity index (χ3v) is 6.45. The number of benzene rings is 2. The Morgan fingerprint density at radius 1 is 0.919 bits per heavy atom. The molecule has 0 bridgehead atoms. The van der Waals surface area contributed by atoms with Gasteiger partial charge in [0.05, 0.1) is 6.42 Å². The Hall–Kier alpha value is -4.65. The Morgan fingerprint density at radius 2 is 1.59 bits per heavy atom. The molecular formula is C27H21F2N5O3. The van der Waals surface area contributed by atoms with Crippen LogP contribution in [0.1, 0.15) is 30.2 Å². The van der Waals surface area contributed by atoms with Crippen molar-refractivity contribution in [2.75, 3.05) is 22.9 Å². The van der Waals surface area contributed by atoms with Crippen molar-refractivity contribution in [3.05, 3.63) is 83.3 Å². The first kappa shape index (κ1) is 24.1. The molecule has 2 fully saturated rings. The van der Waals surface area contributed by atoms with E-state index in [1.807, 2.05) is 6.07 Å². The molecule has 10 heteroatoms. The van der Waals surface area contributed by atoms with Crippen molar-refractivity contribution >= 4 is 29.4 Å². The topological polar surface area (TPSA) is 86.7 Å². The van der Waals surface area contributed by atoms with E-state index in [2.05, 4.69) is 21.8 Å². The van der Waals surface area contributed by atoms with Crippen molar-refractivity contribution in [2.24, 2.45) is 0 Å². The Labute approximate surface area is 211 Å². The standard InChI is InChI=1S/C27H21F2N5O3/c1-17-12-22(31-16-30-17)32-10-11-33-26(37)34(23(35)15-27(33,2)25(32)36)24-20(28)13-19(14-21(24)29)9-8-18-6-4-3-5-7-18/h3-7,12-14,16H,10-11,15H2,1-2H3/t27-/m0/s1. The van der Waals surface area contributed by atoms with Crippen LogP contribution in [-0.4, -0.2) is 51.3 Å². The second-order valence-electron chi connectivity index (χ2n) is 8.99. The van der Waals surface area contributed by atoms with Gasteiger partial charge in [-0.15, -0.1) is 0 Å². The minimum atomic E-state index is -1.53. The highest BCUT2D eigenvalue weighted by Gasteiger charge is 2.56. The number of anilines is 2. The summed E-state index contributed by atoms with van der Waals surface area (Å²) in [6, 6.07) is 11.5. The molecule has 186 valence electrons. The molecule has 4 amide bonds. The van der Waals surface area contributed by atoms with Gasteiger partial charge in [-0.05, 0) is 38.1 Å². The highest BCUT2D eigenvalue weighted by Crippen LogP contribution is 2.37. The summed E-state index contributed by atoms with van der Waals surface area (Å²) in [5.74, 6) is 2.24. The predicted molar refractivity (Wildman–Crippen MR) is 131 cm³/mol. The van der Waals surface area contributed by atoms with Crippen molar-refractivity contribution in [3.63, 3.8) is 0 Å². The molecule has 2 aromatic carbocycles. The normalized spacial score (nSPS) is 19.5. The predicted octanol–water partition coefficient (Wildman–Crippen LogP) is 3.43. The summed E-state index contributed by atoms with van der Waals surface area (Å²) in [6.45, 7) is 3.36. The van der Waals surface area contributed by atoms with Gasteiger partial charge in [0.25, 0.3) is 5.91 Å². The largest absolute Gasteiger partial charge is 0.332 e. The molecule has 0 spiro atoms. The summed E-state index contributed by atoms with van der Waals surface area (Å²) < 4.78 is 30.2. The van der Waals surface area contributed by atoms with Crippen LogP contribution in [0.4, 0.5) is 25.1 Å². The molecule has 37 heavy (non-hydrogen) atoms. The average molecular weight is 501 g/mol. The molecule has 3 aromatic rings. The zero-order valence-electron chi connectivity index (χ0n) is 20.0. The van der Waals surface area contributed by atoms with Crippen molar-refractivity contribution in [2.45, 2.75) is 25.8 Å². The second kappa shape index (κ2) is 9.09. The van der Waals surface area contributed by atoms with Crippen LogP contribution >= 0.6 is 0 Å². The van der Waals surface area contributed by atoms with Crippen LogP contribution < -0.4 is 9.80 Å².